The van der Waals surface area contributed by atoms with Crippen LogP contribution in [0.5, 0.6) is 5.75 Å². The summed E-state index contributed by atoms with van der Waals surface area (Å²) in [5, 5.41) is 7.09. The third-order valence-electron chi connectivity index (χ3n) is 4.20. The van der Waals surface area contributed by atoms with Crippen LogP contribution in [0.3, 0.4) is 0 Å². The Kier molecular flexibility index (Phi) is 5.71. The average Bonchev–Trinajstić information content (AvgIpc) is 3.24. The summed E-state index contributed by atoms with van der Waals surface area (Å²) in [5.41, 5.74) is 4.54. The third kappa shape index (κ3) is 4.43. The Morgan fingerprint density at radius 2 is 2.00 bits per heavy atom. The second-order valence-corrected chi connectivity index (χ2v) is 6.88. The minimum Gasteiger partial charge on any atom is -0.497 e. The zero-order chi connectivity index (χ0) is 19.4. The Morgan fingerprint density at radius 1 is 1.26 bits per heavy atom. The molecule has 0 aliphatic heterocycles. The highest BCUT2D eigenvalue weighted by Crippen LogP contribution is 2.26. The first-order valence-electron chi connectivity index (χ1n) is 8.42. The predicted octanol–water partition coefficient (Wildman–Crippen LogP) is 3.93. The summed E-state index contributed by atoms with van der Waals surface area (Å²) < 4.78 is 12.2. The zero-order valence-corrected chi connectivity index (χ0v) is 16.5. The van der Waals surface area contributed by atoms with E-state index in [1.165, 1.54) is 17.4 Å². The monoisotopic (exact) mass is 383 g/mol. The van der Waals surface area contributed by atoms with Crippen LogP contribution >= 0.6 is 11.3 Å². The van der Waals surface area contributed by atoms with Crippen LogP contribution in [-0.4, -0.2) is 27.8 Å². The van der Waals surface area contributed by atoms with Crippen LogP contribution < -0.4 is 4.74 Å². The molecule has 0 aliphatic carbocycles. The van der Waals surface area contributed by atoms with E-state index in [1.54, 1.807) is 17.9 Å². The smallest absolute Gasteiger partial charge is 0.331 e. The zero-order valence-electron chi connectivity index (χ0n) is 15.7. The van der Waals surface area contributed by atoms with Gasteiger partial charge in [-0.1, -0.05) is 0 Å². The quantitative estimate of drug-likeness (QED) is 0.477. The molecular formula is C20H21N3O3S. The largest absolute Gasteiger partial charge is 0.497 e. The van der Waals surface area contributed by atoms with E-state index in [9.17, 15) is 4.79 Å². The van der Waals surface area contributed by atoms with Crippen molar-refractivity contribution in [2.75, 3.05) is 7.11 Å². The summed E-state index contributed by atoms with van der Waals surface area (Å²) in [4.78, 5) is 16.5. The molecular weight excluding hydrogens is 362 g/mol. The molecule has 0 aliphatic rings. The van der Waals surface area contributed by atoms with E-state index >= 15 is 0 Å². The number of aromatic nitrogens is 3. The molecule has 0 saturated heterocycles. The van der Waals surface area contributed by atoms with Crippen LogP contribution in [0.2, 0.25) is 0 Å². The van der Waals surface area contributed by atoms with E-state index in [0.29, 0.717) is 0 Å². The van der Waals surface area contributed by atoms with E-state index in [0.717, 1.165) is 39.0 Å². The molecule has 27 heavy (non-hydrogen) atoms. The highest BCUT2D eigenvalue weighted by atomic mass is 32.1. The highest BCUT2D eigenvalue weighted by molar-refractivity contribution is 7.13. The normalized spacial score (nSPS) is 11.1. The minimum absolute atomic E-state index is 0.140. The molecule has 0 saturated carbocycles. The van der Waals surface area contributed by atoms with Crippen molar-refractivity contribution in [3.63, 3.8) is 0 Å². The number of ether oxygens (including phenoxy) is 2. The lowest BCUT2D eigenvalue weighted by Crippen LogP contribution is -2.01. The van der Waals surface area contributed by atoms with E-state index in [1.807, 2.05) is 50.5 Å². The van der Waals surface area contributed by atoms with Crippen LogP contribution in [0.15, 0.2) is 35.7 Å². The number of hydrogen-bond acceptors (Lipinski definition) is 6. The summed E-state index contributed by atoms with van der Waals surface area (Å²) in [6.07, 6.45) is 3.16. The Balaban J connectivity index is 1.59. The van der Waals surface area contributed by atoms with E-state index < -0.39 is 5.97 Å². The number of nitrogens with zero attached hydrogens (tertiary/aromatic N) is 3. The summed E-state index contributed by atoms with van der Waals surface area (Å²) in [6, 6.07) is 7.69. The molecule has 3 aromatic rings. The van der Waals surface area contributed by atoms with Crippen molar-refractivity contribution < 1.29 is 14.3 Å². The van der Waals surface area contributed by atoms with Crippen LogP contribution in [0.1, 0.15) is 22.6 Å². The van der Waals surface area contributed by atoms with Gasteiger partial charge in [-0.25, -0.2) is 9.78 Å². The van der Waals surface area contributed by atoms with Crippen LogP contribution in [-0.2, 0) is 23.2 Å². The van der Waals surface area contributed by atoms with Crippen molar-refractivity contribution in [2.45, 2.75) is 20.5 Å². The molecule has 6 nitrogen and oxygen atoms in total. The number of aryl methyl sites for hydroxylation is 2. The van der Waals surface area contributed by atoms with Gasteiger partial charge in [-0.2, -0.15) is 5.10 Å². The number of benzene rings is 1. The van der Waals surface area contributed by atoms with Gasteiger partial charge in [0.2, 0.25) is 0 Å². The SMILES string of the molecule is COc1ccc(-c2nc(COC(=O)/C=C/c3c(C)nn(C)c3C)cs2)cc1. The predicted molar refractivity (Wildman–Crippen MR) is 106 cm³/mol. The highest BCUT2D eigenvalue weighted by Gasteiger charge is 2.09. The van der Waals surface area contributed by atoms with Gasteiger partial charge < -0.3 is 9.47 Å². The third-order valence-corrected chi connectivity index (χ3v) is 5.14. The Bertz CT molecular complexity index is 971. The van der Waals surface area contributed by atoms with Crippen molar-refractivity contribution in [1.82, 2.24) is 14.8 Å². The van der Waals surface area contributed by atoms with Crippen molar-refractivity contribution in [3.05, 3.63) is 58.4 Å². The van der Waals surface area contributed by atoms with Crippen molar-refractivity contribution in [3.8, 4) is 16.3 Å². The molecule has 2 aromatic heterocycles. The molecule has 0 spiro atoms. The Morgan fingerprint density at radius 3 is 2.63 bits per heavy atom. The molecule has 0 N–H and O–H groups in total. The van der Waals surface area contributed by atoms with Crippen molar-refractivity contribution >= 4 is 23.4 Å². The molecule has 0 radical (unpaired) electrons. The summed E-state index contributed by atoms with van der Waals surface area (Å²) in [7, 11) is 3.51. The summed E-state index contributed by atoms with van der Waals surface area (Å²) in [6.45, 7) is 4.01. The van der Waals surface area contributed by atoms with Gasteiger partial charge in [0.1, 0.15) is 17.4 Å². The fourth-order valence-corrected chi connectivity index (χ4v) is 3.43. The molecule has 0 unspecified atom stereocenters. The number of hydrogen-bond donors (Lipinski definition) is 0. The second-order valence-electron chi connectivity index (χ2n) is 6.02. The van der Waals surface area contributed by atoms with Gasteiger partial charge in [-0.05, 0) is 44.2 Å². The van der Waals surface area contributed by atoms with Gasteiger partial charge in [-0.3, -0.25) is 4.68 Å². The van der Waals surface area contributed by atoms with Gasteiger partial charge in [-0.15, -0.1) is 11.3 Å². The van der Waals surface area contributed by atoms with Crippen LogP contribution in [0.25, 0.3) is 16.6 Å². The maximum atomic E-state index is 12.0. The molecule has 2 heterocycles. The Labute approximate surface area is 162 Å². The van der Waals surface area contributed by atoms with Gasteiger partial charge in [0.05, 0.1) is 18.5 Å². The standard InChI is InChI=1S/C20H21N3O3S/c1-13-18(14(2)23(3)22-13)9-10-19(24)26-11-16-12-27-20(21-16)15-5-7-17(25-4)8-6-15/h5-10,12H,11H2,1-4H3/b10-9+. The number of rotatable bonds is 6. The molecule has 7 heteroatoms. The lowest BCUT2D eigenvalue weighted by molar-refractivity contribution is -0.139. The van der Waals surface area contributed by atoms with Gasteiger partial charge in [0, 0.05) is 35.3 Å². The second kappa shape index (κ2) is 8.18. The van der Waals surface area contributed by atoms with E-state index in [-0.39, 0.29) is 6.61 Å². The molecule has 0 bridgehead atoms. The van der Waals surface area contributed by atoms with Crippen LogP contribution in [0, 0.1) is 13.8 Å². The van der Waals surface area contributed by atoms with Gasteiger partial charge in [0.25, 0.3) is 0 Å². The topological polar surface area (TPSA) is 66.2 Å². The maximum Gasteiger partial charge on any atom is 0.331 e. The summed E-state index contributed by atoms with van der Waals surface area (Å²) in [5.74, 6) is 0.395. The van der Waals surface area contributed by atoms with E-state index in [2.05, 4.69) is 10.1 Å². The lowest BCUT2D eigenvalue weighted by Gasteiger charge is -2.01. The van der Waals surface area contributed by atoms with Crippen molar-refractivity contribution in [1.29, 1.82) is 0 Å². The lowest BCUT2D eigenvalue weighted by atomic mass is 10.2. The molecule has 0 fully saturated rings. The van der Waals surface area contributed by atoms with E-state index in [4.69, 9.17) is 9.47 Å². The number of thiazole rings is 1. The molecule has 0 atom stereocenters. The first-order valence-corrected chi connectivity index (χ1v) is 9.29. The number of carbonyl (C=O) groups excluding carboxylic acids is 1. The molecule has 1 aromatic carbocycles. The summed E-state index contributed by atoms with van der Waals surface area (Å²) >= 11 is 1.51. The van der Waals surface area contributed by atoms with Crippen LogP contribution in [0.4, 0.5) is 0 Å². The average molecular weight is 383 g/mol. The first kappa shape index (κ1) is 18.8. The number of methoxy groups -OCH3 is 1. The molecule has 140 valence electrons. The fraction of sp³-hybridized carbons (Fsp3) is 0.250. The van der Waals surface area contributed by atoms with Gasteiger partial charge in [0.15, 0.2) is 0 Å². The maximum absolute atomic E-state index is 12.0. The number of carbonyl (C=O) groups is 1. The number of esters is 1. The molecule has 3 rings (SSSR count). The van der Waals surface area contributed by atoms with Crippen molar-refractivity contribution in [2.24, 2.45) is 7.05 Å². The first-order chi connectivity index (χ1) is 13.0. The molecule has 0 amide bonds. The van der Waals surface area contributed by atoms with Gasteiger partial charge >= 0.3 is 5.97 Å². The Hall–Kier alpha value is -2.93. The fourth-order valence-electron chi connectivity index (χ4n) is 2.62. The minimum atomic E-state index is -0.406.